The number of hydrogen-bond donors (Lipinski definition) is 1. The van der Waals surface area contributed by atoms with E-state index in [1.807, 2.05) is 23.1 Å². The quantitative estimate of drug-likeness (QED) is 0.585. The number of alkyl halides is 3. The summed E-state index contributed by atoms with van der Waals surface area (Å²) >= 11 is 0. The lowest BCUT2D eigenvalue weighted by Crippen LogP contribution is -2.47. The predicted molar refractivity (Wildman–Crippen MR) is 142 cm³/mol. The zero-order valence-electron chi connectivity index (χ0n) is 22.4. The Bertz CT molecular complexity index is 1230. The molecule has 2 saturated heterocycles. The molecule has 2 aliphatic heterocycles. The first-order valence-corrected chi connectivity index (χ1v) is 13.8. The maximum atomic E-state index is 13.0. The van der Waals surface area contributed by atoms with Crippen molar-refractivity contribution < 1.29 is 27.6 Å². The van der Waals surface area contributed by atoms with Gasteiger partial charge < -0.3 is 10.2 Å². The van der Waals surface area contributed by atoms with Crippen molar-refractivity contribution in [3.05, 3.63) is 59.8 Å². The minimum atomic E-state index is -4.55. The number of nitrogens with zero attached hydrogens (tertiary/aromatic N) is 4. The van der Waals surface area contributed by atoms with Crippen molar-refractivity contribution >= 4 is 23.5 Å². The van der Waals surface area contributed by atoms with E-state index in [9.17, 15) is 27.6 Å². The Morgan fingerprint density at radius 2 is 1.73 bits per heavy atom. The molecule has 8 nitrogen and oxygen atoms in total. The van der Waals surface area contributed by atoms with Crippen LogP contribution in [-0.2, 0) is 15.8 Å². The molecule has 214 valence electrons. The molecule has 0 bridgehead atoms. The number of fused-ring (bicyclic) bond motifs is 1. The number of nitrogens with one attached hydrogen (secondary N) is 1. The van der Waals surface area contributed by atoms with Crippen molar-refractivity contribution in [1.29, 1.82) is 0 Å². The molecular formula is C29H34F3N5O3. The van der Waals surface area contributed by atoms with Gasteiger partial charge in [-0.2, -0.15) is 13.2 Å². The Balaban J connectivity index is 1.11. The van der Waals surface area contributed by atoms with Crippen LogP contribution >= 0.6 is 0 Å². The van der Waals surface area contributed by atoms with Crippen molar-refractivity contribution in [2.75, 3.05) is 31.6 Å². The number of carbonyl (C=O) groups is 3. The summed E-state index contributed by atoms with van der Waals surface area (Å²) in [5, 5.41) is 2.49. The number of likely N-dealkylation sites (tertiary alicyclic amines) is 2. The average Bonchev–Trinajstić information content (AvgIpc) is 3.58. The van der Waals surface area contributed by atoms with Crippen LogP contribution in [0.3, 0.4) is 0 Å². The van der Waals surface area contributed by atoms with Gasteiger partial charge in [0.15, 0.2) is 0 Å². The van der Waals surface area contributed by atoms with Crippen LogP contribution in [0.2, 0.25) is 0 Å². The molecule has 0 unspecified atom stereocenters. The van der Waals surface area contributed by atoms with Crippen LogP contribution in [0.15, 0.2) is 48.7 Å². The Hall–Kier alpha value is -3.47. The summed E-state index contributed by atoms with van der Waals surface area (Å²) in [6.07, 6.45) is 2.32. The van der Waals surface area contributed by atoms with E-state index in [1.54, 1.807) is 18.1 Å². The molecule has 3 fully saturated rings. The molecule has 1 N–H and O–H groups in total. The first kappa shape index (κ1) is 28.1. The molecule has 0 spiro atoms. The third kappa shape index (κ3) is 5.84. The summed E-state index contributed by atoms with van der Waals surface area (Å²) in [5.74, 6) is -0.200. The second-order valence-corrected chi connectivity index (χ2v) is 10.9. The highest BCUT2D eigenvalue weighted by Crippen LogP contribution is 2.38. The lowest BCUT2D eigenvalue weighted by Gasteiger charge is -2.38. The fraction of sp³-hybridized carbons (Fsp3) is 0.517. The first-order valence-electron chi connectivity index (χ1n) is 13.8. The van der Waals surface area contributed by atoms with Crippen LogP contribution in [-0.4, -0.2) is 77.3 Å². The highest BCUT2D eigenvalue weighted by atomic mass is 19.4. The third-order valence-corrected chi connectivity index (χ3v) is 8.63. The van der Waals surface area contributed by atoms with Crippen molar-refractivity contribution in [1.82, 2.24) is 20.1 Å². The lowest BCUT2D eigenvalue weighted by molar-refractivity contribution is -0.137. The number of anilines is 1. The second kappa shape index (κ2) is 11.6. The molecule has 2 atom stereocenters. The van der Waals surface area contributed by atoms with Gasteiger partial charge in [0.05, 0.1) is 12.1 Å². The van der Waals surface area contributed by atoms with Crippen LogP contribution in [0, 0.1) is 5.92 Å². The summed E-state index contributed by atoms with van der Waals surface area (Å²) in [6.45, 7) is 1.22. The van der Waals surface area contributed by atoms with E-state index < -0.39 is 17.6 Å². The number of rotatable bonds is 6. The van der Waals surface area contributed by atoms with E-state index in [2.05, 4.69) is 15.2 Å². The summed E-state index contributed by atoms with van der Waals surface area (Å²) in [4.78, 5) is 48.7. The maximum absolute atomic E-state index is 13.0. The average molecular weight is 558 g/mol. The molecule has 11 heteroatoms. The fourth-order valence-electron chi connectivity index (χ4n) is 6.57. The number of halogens is 3. The SMILES string of the molecule is CN(C(=O)C1CCC(N2CC[C@@H]3[C@H]2CCN3C(=O)CNC(=O)c2cccc(C(F)(F)F)c2)CC1)c1ccccn1. The molecule has 1 aliphatic carbocycles. The lowest BCUT2D eigenvalue weighted by atomic mass is 9.84. The highest BCUT2D eigenvalue weighted by molar-refractivity contribution is 5.96. The normalized spacial score (nSPS) is 24.9. The van der Waals surface area contributed by atoms with Crippen LogP contribution in [0.4, 0.5) is 19.0 Å². The molecular weight excluding hydrogens is 523 g/mol. The van der Waals surface area contributed by atoms with Crippen molar-refractivity contribution in [2.45, 2.75) is 62.8 Å². The molecule has 2 aromatic rings. The topological polar surface area (TPSA) is 85.9 Å². The van der Waals surface area contributed by atoms with Crippen LogP contribution < -0.4 is 10.2 Å². The van der Waals surface area contributed by atoms with E-state index >= 15 is 0 Å². The zero-order chi connectivity index (χ0) is 28.4. The maximum Gasteiger partial charge on any atom is 0.416 e. The summed E-state index contributed by atoms with van der Waals surface area (Å²) in [5.41, 5.74) is -1.03. The minimum absolute atomic E-state index is 0.0243. The van der Waals surface area contributed by atoms with E-state index in [1.165, 1.54) is 12.1 Å². The van der Waals surface area contributed by atoms with E-state index in [0.717, 1.165) is 57.2 Å². The van der Waals surface area contributed by atoms with E-state index in [0.29, 0.717) is 18.4 Å². The first-order chi connectivity index (χ1) is 19.1. The van der Waals surface area contributed by atoms with Crippen LogP contribution in [0.25, 0.3) is 0 Å². The number of carbonyl (C=O) groups excluding carboxylic acids is 3. The standard InChI is InChI=1S/C29H34F3N5O3/c1-35(25-7-2-3-14-33-25)28(40)19-8-10-22(11-9-19)36-15-12-24-23(36)13-16-37(24)26(38)18-34-27(39)20-5-4-6-21(17-20)29(30,31)32/h2-7,14,17,19,22-24H,8-13,15-16,18H2,1H3,(H,34,39)/t19?,22?,23-,24-/m1/s1. The van der Waals surface area contributed by atoms with Crippen molar-refractivity contribution in [2.24, 2.45) is 5.92 Å². The van der Waals surface area contributed by atoms with Gasteiger partial charge in [0.25, 0.3) is 5.91 Å². The van der Waals surface area contributed by atoms with Gasteiger partial charge in [-0.15, -0.1) is 0 Å². The van der Waals surface area contributed by atoms with Gasteiger partial charge in [-0.05, 0) is 68.9 Å². The number of hydrogen-bond acceptors (Lipinski definition) is 5. The smallest absolute Gasteiger partial charge is 0.343 e. The van der Waals surface area contributed by atoms with Crippen LogP contribution in [0.1, 0.15) is 54.4 Å². The number of pyridine rings is 1. The van der Waals surface area contributed by atoms with E-state index in [-0.39, 0.29) is 41.9 Å². The Kier molecular flexibility index (Phi) is 8.11. The van der Waals surface area contributed by atoms with Gasteiger partial charge in [-0.25, -0.2) is 4.98 Å². The molecule has 1 aromatic carbocycles. The van der Waals surface area contributed by atoms with Gasteiger partial charge in [-0.1, -0.05) is 12.1 Å². The Morgan fingerprint density at radius 1 is 0.975 bits per heavy atom. The molecule has 1 aromatic heterocycles. The van der Waals surface area contributed by atoms with Gasteiger partial charge in [0.1, 0.15) is 5.82 Å². The number of benzene rings is 1. The largest absolute Gasteiger partial charge is 0.416 e. The predicted octanol–water partition coefficient (Wildman–Crippen LogP) is 3.73. The molecule has 3 heterocycles. The Morgan fingerprint density at radius 3 is 2.42 bits per heavy atom. The monoisotopic (exact) mass is 557 g/mol. The zero-order valence-corrected chi connectivity index (χ0v) is 22.4. The minimum Gasteiger partial charge on any atom is -0.343 e. The molecule has 5 rings (SSSR count). The van der Waals surface area contributed by atoms with Gasteiger partial charge in [0, 0.05) is 55.9 Å². The van der Waals surface area contributed by atoms with Gasteiger partial charge >= 0.3 is 6.18 Å². The number of aromatic nitrogens is 1. The summed E-state index contributed by atoms with van der Waals surface area (Å²) in [7, 11) is 1.77. The van der Waals surface area contributed by atoms with Crippen LogP contribution in [0.5, 0.6) is 0 Å². The van der Waals surface area contributed by atoms with Crippen molar-refractivity contribution in [3.63, 3.8) is 0 Å². The highest BCUT2D eigenvalue weighted by Gasteiger charge is 2.47. The molecule has 40 heavy (non-hydrogen) atoms. The van der Waals surface area contributed by atoms with Gasteiger partial charge in [-0.3, -0.25) is 24.2 Å². The molecule has 0 radical (unpaired) electrons. The second-order valence-electron chi connectivity index (χ2n) is 10.9. The van der Waals surface area contributed by atoms with Gasteiger partial charge in [0.2, 0.25) is 11.8 Å². The summed E-state index contributed by atoms with van der Waals surface area (Å²) in [6, 6.07) is 10.4. The van der Waals surface area contributed by atoms with E-state index in [4.69, 9.17) is 0 Å². The van der Waals surface area contributed by atoms with Crippen molar-refractivity contribution in [3.8, 4) is 0 Å². The molecule has 1 saturated carbocycles. The third-order valence-electron chi connectivity index (χ3n) is 8.63. The Labute approximate surface area is 231 Å². The molecule has 3 amide bonds. The summed E-state index contributed by atoms with van der Waals surface area (Å²) < 4.78 is 38.9. The number of amides is 3. The molecule has 3 aliphatic rings. The fourth-order valence-corrected chi connectivity index (χ4v) is 6.57.